The first-order valence-corrected chi connectivity index (χ1v) is 8.25. The van der Waals surface area contributed by atoms with Crippen LogP contribution in [0.2, 0.25) is 5.02 Å². The zero-order chi connectivity index (χ0) is 16.4. The Balaban J connectivity index is 0.00000182. The SMILES string of the molecule is Cl.Clc1cccc(-c2ccnc(NCc3cc4n(n3)CCNC4)n2)c1. The minimum Gasteiger partial charge on any atom is -0.348 e. The van der Waals surface area contributed by atoms with Gasteiger partial charge < -0.3 is 10.6 Å². The smallest absolute Gasteiger partial charge is 0.223 e. The van der Waals surface area contributed by atoms with Crippen LogP contribution in [0.1, 0.15) is 11.4 Å². The van der Waals surface area contributed by atoms with Crippen LogP contribution >= 0.6 is 24.0 Å². The van der Waals surface area contributed by atoms with Crippen LogP contribution in [0.3, 0.4) is 0 Å². The van der Waals surface area contributed by atoms with E-state index in [-0.39, 0.29) is 12.4 Å². The molecule has 25 heavy (non-hydrogen) atoms. The van der Waals surface area contributed by atoms with Crippen LogP contribution in [0.25, 0.3) is 11.3 Å². The summed E-state index contributed by atoms with van der Waals surface area (Å²) in [5, 5.41) is 11.9. The maximum atomic E-state index is 6.05. The summed E-state index contributed by atoms with van der Waals surface area (Å²) in [5.41, 5.74) is 4.01. The molecule has 0 amide bonds. The summed E-state index contributed by atoms with van der Waals surface area (Å²) < 4.78 is 2.05. The number of fused-ring (bicyclic) bond motifs is 1. The van der Waals surface area contributed by atoms with Crippen molar-refractivity contribution < 1.29 is 0 Å². The van der Waals surface area contributed by atoms with E-state index < -0.39 is 0 Å². The second kappa shape index (κ2) is 7.82. The van der Waals surface area contributed by atoms with Gasteiger partial charge in [0.1, 0.15) is 0 Å². The zero-order valence-corrected chi connectivity index (χ0v) is 15.0. The van der Waals surface area contributed by atoms with E-state index in [1.54, 1.807) is 6.20 Å². The Morgan fingerprint density at radius 1 is 1.24 bits per heavy atom. The van der Waals surface area contributed by atoms with E-state index in [0.717, 1.165) is 36.6 Å². The van der Waals surface area contributed by atoms with E-state index in [9.17, 15) is 0 Å². The maximum Gasteiger partial charge on any atom is 0.223 e. The standard InChI is InChI=1S/C17H17ClN6.ClH/c18-13-3-1-2-12(8-13)16-4-5-20-17(22-16)21-10-14-9-15-11-19-6-7-24(15)23-14;/h1-5,8-9,19H,6-7,10-11H2,(H,20,21,22);1H. The van der Waals surface area contributed by atoms with E-state index in [1.807, 2.05) is 30.3 Å². The Hall–Kier alpha value is -2.15. The van der Waals surface area contributed by atoms with Gasteiger partial charge in [0, 0.05) is 29.9 Å². The third-order valence-electron chi connectivity index (χ3n) is 3.92. The first-order chi connectivity index (χ1) is 11.8. The van der Waals surface area contributed by atoms with Crippen LogP contribution in [0.4, 0.5) is 5.95 Å². The summed E-state index contributed by atoms with van der Waals surface area (Å²) in [4.78, 5) is 8.84. The summed E-state index contributed by atoms with van der Waals surface area (Å²) in [6.45, 7) is 3.34. The van der Waals surface area contributed by atoms with E-state index in [1.165, 1.54) is 5.69 Å². The highest BCUT2D eigenvalue weighted by Crippen LogP contribution is 2.21. The van der Waals surface area contributed by atoms with Gasteiger partial charge in [-0.15, -0.1) is 12.4 Å². The number of hydrogen-bond donors (Lipinski definition) is 2. The number of halogens is 2. The molecule has 4 rings (SSSR count). The number of benzene rings is 1. The lowest BCUT2D eigenvalue weighted by Crippen LogP contribution is -2.28. The highest BCUT2D eigenvalue weighted by Gasteiger charge is 2.11. The summed E-state index contributed by atoms with van der Waals surface area (Å²) in [5.74, 6) is 0.580. The molecule has 3 heterocycles. The molecule has 1 aromatic carbocycles. The van der Waals surface area contributed by atoms with Crippen molar-refractivity contribution in [2.45, 2.75) is 19.6 Å². The molecule has 0 aliphatic carbocycles. The second-order valence-electron chi connectivity index (χ2n) is 5.66. The second-order valence-corrected chi connectivity index (χ2v) is 6.09. The molecule has 2 aromatic heterocycles. The number of nitrogens with zero attached hydrogens (tertiary/aromatic N) is 4. The molecular weight excluding hydrogens is 359 g/mol. The van der Waals surface area contributed by atoms with Gasteiger partial charge in [-0.3, -0.25) is 4.68 Å². The lowest BCUT2D eigenvalue weighted by Gasteiger charge is -2.13. The topological polar surface area (TPSA) is 67.7 Å². The molecule has 2 N–H and O–H groups in total. The average Bonchev–Trinajstić information content (AvgIpc) is 3.03. The summed E-state index contributed by atoms with van der Waals surface area (Å²) in [6, 6.07) is 11.6. The van der Waals surface area contributed by atoms with Crippen LogP contribution in [0, 0.1) is 0 Å². The van der Waals surface area contributed by atoms with Crippen LogP contribution in [-0.2, 0) is 19.6 Å². The third-order valence-corrected chi connectivity index (χ3v) is 4.16. The number of nitrogens with one attached hydrogen (secondary N) is 2. The molecule has 0 atom stereocenters. The molecule has 0 bridgehead atoms. The molecule has 1 aliphatic heterocycles. The van der Waals surface area contributed by atoms with Crippen molar-refractivity contribution in [2.75, 3.05) is 11.9 Å². The van der Waals surface area contributed by atoms with E-state index >= 15 is 0 Å². The van der Waals surface area contributed by atoms with E-state index in [4.69, 9.17) is 11.6 Å². The Labute approximate surface area is 157 Å². The van der Waals surface area contributed by atoms with Crippen molar-refractivity contribution in [2.24, 2.45) is 0 Å². The normalized spacial score (nSPS) is 13.0. The molecule has 3 aromatic rings. The van der Waals surface area contributed by atoms with Gasteiger partial charge in [0.25, 0.3) is 0 Å². The molecular formula is C17H18Cl2N6. The molecule has 0 saturated carbocycles. The fraction of sp³-hybridized carbons (Fsp3) is 0.235. The van der Waals surface area contributed by atoms with Crippen molar-refractivity contribution >= 4 is 30.0 Å². The molecule has 0 radical (unpaired) electrons. The van der Waals surface area contributed by atoms with E-state index in [2.05, 4.69) is 36.4 Å². The molecule has 0 unspecified atom stereocenters. The van der Waals surface area contributed by atoms with Crippen molar-refractivity contribution in [1.82, 2.24) is 25.1 Å². The molecule has 8 heteroatoms. The van der Waals surface area contributed by atoms with Gasteiger partial charge in [0.2, 0.25) is 5.95 Å². The molecule has 130 valence electrons. The van der Waals surface area contributed by atoms with Crippen LogP contribution in [0.15, 0.2) is 42.6 Å². The number of hydrogen-bond acceptors (Lipinski definition) is 5. The van der Waals surface area contributed by atoms with Crippen molar-refractivity contribution in [1.29, 1.82) is 0 Å². The Morgan fingerprint density at radius 3 is 3.00 bits per heavy atom. The predicted molar refractivity (Wildman–Crippen MR) is 101 cm³/mol. The highest BCUT2D eigenvalue weighted by atomic mass is 35.5. The van der Waals surface area contributed by atoms with Crippen molar-refractivity contribution in [3.8, 4) is 11.3 Å². The number of rotatable bonds is 4. The highest BCUT2D eigenvalue weighted by molar-refractivity contribution is 6.30. The first kappa shape index (κ1) is 17.7. The van der Waals surface area contributed by atoms with Gasteiger partial charge in [-0.25, -0.2) is 9.97 Å². The van der Waals surface area contributed by atoms with Crippen molar-refractivity contribution in [3.05, 3.63) is 59.0 Å². The van der Waals surface area contributed by atoms with Gasteiger partial charge in [-0.2, -0.15) is 5.10 Å². The van der Waals surface area contributed by atoms with Crippen LogP contribution in [-0.4, -0.2) is 26.3 Å². The Bertz CT molecular complexity index is 840. The lowest BCUT2D eigenvalue weighted by atomic mass is 10.1. The largest absolute Gasteiger partial charge is 0.348 e. The molecule has 0 spiro atoms. The summed E-state index contributed by atoms with van der Waals surface area (Å²) in [6.07, 6.45) is 1.74. The molecule has 0 saturated heterocycles. The summed E-state index contributed by atoms with van der Waals surface area (Å²) in [7, 11) is 0. The predicted octanol–water partition coefficient (Wildman–Crippen LogP) is 3.13. The van der Waals surface area contributed by atoms with Crippen LogP contribution < -0.4 is 10.6 Å². The minimum atomic E-state index is 0. The van der Waals surface area contributed by atoms with Gasteiger partial charge in [0.05, 0.1) is 30.2 Å². The van der Waals surface area contributed by atoms with Gasteiger partial charge in [-0.05, 0) is 24.3 Å². The quantitative estimate of drug-likeness (QED) is 0.731. The van der Waals surface area contributed by atoms with E-state index in [0.29, 0.717) is 17.5 Å². The van der Waals surface area contributed by atoms with Crippen LogP contribution in [0.5, 0.6) is 0 Å². The summed E-state index contributed by atoms with van der Waals surface area (Å²) >= 11 is 6.05. The zero-order valence-electron chi connectivity index (χ0n) is 13.4. The minimum absolute atomic E-state index is 0. The molecule has 6 nitrogen and oxygen atoms in total. The first-order valence-electron chi connectivity index (χ1n) is 7.87. The fourth-order valence-electron chi connectivity index (χ4n) is 2.76. The maximum absolute atomic E-state index is 6.05. The Kier molecular flexibility index (Phi) is 5.53. The number of aromatic nitrogens is 4. The molecule has 0 fully saturated rings. The number of anilines is 1. The van der Waals surface area contributed by atoms with Gasteiger partial charge in [-0.1, -0.05) is 23.7 Å². The lowest BCUT2D eigenvalue weighted by molar-refractivity contribution is 0.473. The average molecular weight is 377 g/mol. The van der Waals surface area contributed by atoms with Gasteiger partial charge >= 0.3 is 0 Å². The monoisotopic (exact) mass is 376 g/mol. The molecule has 1 aliphatic rings. The fourth-order valence-corrected chi connectivity index (χ4v) is 2.95. The third kappa shape index (κ3) is 4.10. The Morgan fingerprint density at radius 2 is 2.16 bits per heavy atom. The van der Waals surface area contributed by atoms with Gasteiger partial charge in [0.15, 0.2) is 0 Å². The van der Waals surface area contributed by atoms with Crippen molar-refractivity contribution in [3.63, 3.8) is 0 Å².